The van der Waals surface area contributed by atoms with Crippen LogP contribution in [0, 0.1) is 0 Å². The Bertz CT molecular complexity index is 131. The molecule has 0 aliphatic heterocycles. The lowest BCUT2D eigenvalue weighted by Crippen LogP contribution is -2.23. The fourth-order valence-electron chi connectivity index (χ4n) is 0.657. The molecular formula is C8H14O3. The van der Waals surface area contributed by atoms with Gasteiger partial charge in [0.25, 0.3) is 0 Å². The van der Waals surface area contributed by atoms with E-state index >= 15 is 0 Å². The first-order valence-corrected chi connectivity index (χ1v) is 3.67. The molecule has 0 aliphatic carbocycles. The van der Waals surface area contributed by atoms with Gasteiger partial charge in [0.1, 0.15) is 0 Å². The molecule has 0 aromatic carbocycles. The van der Waals surface area contributed by atoms with Crippen molar-refractivity contribution in [3.8, 4) is 0 Å². The van der Waals surface area contributed by atoms with Crippen LogP contribution >= 0.6 is 0 Å². The Kier molecular flexibility index (Phi) is 5.47. The SMILES string of the molecule is C=CCCOC(CC)C(=O)O. The number of aliphatic carboxylic acids is 1. The van der Waals surface area contributed by atoms with Gasteiger partial charge < -0.3 is 9.84 Å². The molecule has 1 N–H and O–H groups in total. The molecule has 64 valence electrons. The van der Waals surface area contributed by atoms with Crippen LogP contribution in [0.1, 0.15) is 19.8 Å². The second kappa shape index (κ2) is 5.92. The normalized spacial score (nSPS) is 12.5. The third-order valence-electron chi connectivity index (χ3n) is 1.29. The number of rotatable bonds is 6. The summed E-state index contributed by atoms with van der Waals surface area (Å²) >= 11 is 0. The van der Waals surface area contributed by atoms with Crippen LogP contribution in [0.4, 0.5) is 0 Å². The summed E-state index contributed by atoms with van der Waals surface area (Å²) in [6, 6.07) is 0. The molecule has 0 aromatic rings. The Morgan fingerprint density at radius 1 is 1.82 bits per heavy atom. The number of carbonyl (C=O) groups is 1. The van der Waals surface area contributed by atoms with Crippen molar-refractivity contribution >= 4 is 5.97 Å². The maximum Gasteiger partial charge on any atom is 0.332 e. The number of carboxylic acid groups (broad SMARTS) is 1. The number of hydrogen-bond acceptors (Lipinski definition) is 2. The molecule has 0 spiro atoms. The molecule has 1 unspecified atom stereocenters. The van der Waals surface area contributed by atoms with E-state index in [1.807, 2.05) is 0 Å². The molecule has 0 amide bonds. The van der Waals surface area contributed by atoms with Crippen LogP contribution in [0.5, 0.6) is 0 Å². The summed E-state index contributed by atoms with van der Waals surface area (Å²) in [6.45, 7) is 5.72. The van der Waals surface area contributed by atoms with E-state index in [0.29, 0.717) is 19.4 Å². The maximum absolute atomic E-state index is 10.4. The van der Waals surface area contributed by atoms with Gasteiger partial charge in [-0.1, -0.05) is 13.0 Å². The first kappa shape index (κ1) is 10.2. The van der Waals surface area contributed by atoms with Crippen LogP contribution < -0.4 is 0 Å². The first-order chi connectivity index (χ1) is 5.22. The van der Waals surface area contributed by atoms with Gasteiger partial charge in [-0.15, -0.1) is 6.58 Å². The molecule has 0 bridgehead atoms. The molecule has 1 atom stereocenters. The Morgan fingerprint density at radius 2 is 2.45 bits per heavy atom. The van der Waals surface area contributed by atoms with E-state index in [1.54, 1.807) is 13.0 Å². The maximum atomic E-state index is 10.4. The highest BCUT2D eigenvalue weighted by Crippen LogP contribution is 1.98. The molecule has 0 saturated carbocycles. The van der Waals surface area contributed by atoms with Gasteiger partial charge >= 0.3 is 5.97 Å². The van der Waals surface area contributed by atoms with E-state index in [-0.39, 0.29) is 0 Å². The lowest BCUT2D eigenvalue weighted by Gasteiger charge is -2.09. The van der Waals surface area contributed by atoms with Gasteiger partial charge in [0.2, 0.25) is 0 Å². The standard InChI is InChI=1S/C8H14O3/c1-3-5-6-11-7(4-2)8(9)10/h3,7H,1,4-6H2,2H3,(H,9,10). The highest BCUT2D eigenvalue weighted by atomic mass is 16.5. The smallest absolute Gasteiger partial charge is 0.332 e. The van der Waals surface area contributed by atoms with Gasteiger partial charge in [-0.2, -0.15) is 0 Å². The monoisotopic (exact) mass is 158 g/mol. The summed E-state index contributed by atoms with van der Waals surface area (Å²) in [5, 5.41) is 8.52. The zero-order valence-corrected chi connectivity index (χ0v) is 6.75. The second-order valence-electron chi connectivity index (χ2n) is 2.18. The van der Waals surface area contributed by atoms with Crippen molar-refractivity contribution in [3.63, 3.8) is 0 Å². The summed E-state index contributed by atoms with van der Waals surface area (Å²) in [4.78, 5) is 10.4. The fourth-order valence-corrected chi connectivity index (χ4v) is 0.657. The van der Waals surface area contributed by atoms with E-state index < -0.39 is 12.1 Å². The fraction of sp³-hybridized carbons (Fsp3) is 0.625. The van der Waals surface area contributed by atoms with E-state index in [4.69, 9.17) is 9.84 Å². The van der Waals surface area contributed by atoms with E-state index in [9.17, 15) is 4.79 Å². The lowest BCUT2D eigenvalue weighted by atomic mass is 10.3. The summed E-state index contributed by atoms with van der Waals surface area (Å²) < 4.78 is 5.02. The highest BCUT2D eigenvalue weighted by molar-refractivity contribution is 5.72. The number of carboxylic acids is 1. The summed E-state index contributed by atoms with van der Waals surface area (Å²) in [7, 11) is 0. The average Bonchev–Trinajstić information content (AvgIpc) is 1.97. The van der Waals surface area contributed by atoms with Crippen LogP contribution in [0.3, 0.4) is 0 Å². The zero-order valence-electron chi connectivity index (χ0n) is 6.75. The van der Waals surface area contributed by atoms with Crippen LogP contribution in [-0.4, -0.2) is 23.8 Å². The largest absolute Gasteiger partial charge is 0.479 e. The average molecular weight is 158 g/mol. The van der Waals surface area contributed by atoms with Crippen molar-refractivity contribution in [1.82, 2.24) is 0 Å². The van der Waals surface area contributed by atoms with Crippen molar-refractivity contribution in [2.75, 3.05) is 6.61 Å². The molecule has 0 fully saturated rings. The van der Waals surface area contributed by atoms with Gasteiger partial charge in [-0.05, 0) is 12.8 Å². The van der Waals surface area contributed by atoms with Gasteiger partial charge in [0, 0.05) is 0 Å². The Morgan fingerprint density at radius 3 is 2.82 bits per heavy atom. The second-order valence-corrected chi connectivity index (χ2v) is 2.18. The van der Waals surface area contributed by atoms with Gasteiger partial charge in [-0.3, -0.25) is 0 Å². The van der Waals surface area contributed by atoms with Crippen LogP contribution in [-0.2, 0) is 9.53 Å². The van der Waals surface area contributed by atoms with E-state index in [1.165, 1.54) is 0 Å². The molecule has 0 radical (unpaired) electrons. The molecule has 11 heavy (non-hydrogen) atoms. The minimum absolute atomic E-state index is 0.439. The third kappa shape index (κ3) is 4.56. The molecular weight excluding hydrogens is 144 g/mol. The number of ether oxygens (including phenoxy) is 1. The van der Waals surface area contributed by atoms with Crippen molar-refractivity contribution in [2.45, 2.75) is 25.9 Å². The van der Waals surface area contributed by atoms with Crippen molar-refractivity contribution in [1.29, 1.82) is 0 Å². The van der Waals surface area contributed by atoms with Crippen molar-refractivity contribution < 1.29 is 14.6 Å². The Balaban J connectivity index is 3.52. The van der Waals surface area contributed by atoms with E-state index in [2.05, 4.69) is 6.58 Å². The lowest BCUT2D eigenvalue weighted by molar-refractivity contribution is -0.150. The quantitative estimate of drug-likeness (QED) is 0.470. The minimum Gasteiger partial charge on any atom is -0.479 e. The predicted octanol–water partition coefficient (Wildman–Crippen LogP) is 1.44. The zero-order chi connectivity index (χ0) is 8.69. The van der Waals surface area contributed by atoms with Crippen LogP contribution in [0.15, 0.2) is 12.7 Å². The predicted molar refractivity (Wildman–Crippen MR) is 42.5 cm³/mol. The third-order valence-corrected chi connectivity index (χ3v) is 1.29. The van der Waals surface area contributed by atoms with Crippen LogP contribution in [0.25, 0.3) is 0 Å². The van der Waals surface area contributed by atoms with Crippen LogP contribution in [0.2, 0.25) is 0 Å². The Labute approximate surface area is 66.7 Å². The molecule has 3 nitrogen and oxygen atoms in total. The molecule has 0 heterocycles. The molecule has 0 saturated heterocycles. The molecule has 0 aliphatic rings. The summed E-state index contributed by atoms with van der Waals surface area (Å²) in [5.74, 6) is -0.892. The van der Waals surface area contributed by atoms with Crippen molar-refractivity contribution in [2.24, 2.45) is 0 Å². The van der Waals surface area contributed by atoms with Crippen molar-refractivity contribution in [3.05, 3.63) is 12.7 Å². The highest BCUT2D eigenvalue weighted by Gasteiger charge is 2.13. The molecule has 3 heteroatoms. The number of hydrogen-bond donors (Lipinski definition) is 1. The van der Waals surface area contributed by atoms with Gasteiger partial charge in [-0.25, -0.2) is 4.79 Å². The van der Waals surface area contributed by atoms with Gasteiger partial charge in [0.15, 0.2) is 6.10 Å². The molecule has 0 aromatic heterocycles. The molecule has 0 rings (SSSR count). The topological polar surface area (TPSA) is 46.5 Å². The minimum atomic E-state index is -0.892. The summed E-state index contributed by atoms with van der Waals surface area (Å²) in [6.07, 6.45) is 2.25. The summed E-state index contributed by atoms with van der Waals surface area (Å²) in [5.41, 5.74) is 0. The Hall–Kier alpha value is -0.830. The van der Waals surface area contributed by atoms with Gasteiger partial charge in [0.05, 0.1) is 6.61 Å². The van der Waals surface area contributed by atoms with E-state index in [0.717, 1.165) is 0 Å². The first-order valence-electron chi connectivity index (χ1n) is 3.67.